The van der Waals surface area contributed by atoms with Crippen molar-refractivity contribution in [1.29, 1.82) is 0 Å². The molecule has 0 N–H and O–H groups in total. The second-order valence-corrected chi connectivity index (χ2v) is 6.50. The van der Waals surface area contributed by atoms with Crippen LogP contribution in [0.3, 0.4) is 0 Å². The molecule has 0 amide bonds. The number of carbonyl (C=O) groups excluding carboxylic acids is 2. The summed E-state index contributed by atoms with van der Waals surface area (Å²) in [5.74, 6) is 0.499. The van der Waals surface area contributed by atoms with Crippen LogP contribution in [0.15, 0.2) is 72.8 Å². The molecule has 0 saturated heterocycles. The van der Waals surface area contributed by atoms with E-state index in [1.54, 1.807) is 24.3 Å². The Balaban J connectivity index is 1.51. The highest BCUT2D eigenvalue weighted by Gasteiger charge is 2.08. The van der Waals surface area contributed by atoms with Crippen LogP contribution in [0.1, 0.15) is 22.8 Å². The number of carbonyl (C=O) groups is 2. The van der Waals surface area contributed by atoms with Gasteiger partial charge in [-0.05, 0) is 60.0 Å². The largest absolute Gasteiger partial charge is 0.490 e. The number of rotatable bonds is 7. The minimum Gasteiger partial charge on any atom is -0.490 e. The van der Waals surface area contributed by atoms with Gasteiger partial charge >= 0.3 is 11.9 Å². The van der Waals surface area contributed by atoms with Crippen molar-refractivity contribution in [2.45, 2.75) is 13.8 Å². The van der Waals surface area contributed by atoms with Crippen LogP contribution in [0.2, 0.25) is 0 Å². The summed E-state index contributed by atoms with van der Waals surface area (Å²) in [7, 11) is 0. The molecular weight excluding hydrogens is 368 g/mol. The summed E-state index contributed by atoms with van der Waals surface area (Å²) >= 11 is 0. The summed E-state index contributed by atoms with van der Waals surface area (Å²) in [4.78, 5) is 23.2. The zero-order valence-corrected chi connectivity index (χ0v) is 16.4. The molecule has 148 valence electrons. The molecule has 0 spiro atoms. The van der Waals surface area contributed by atoms with Crippen molar-refractivity contribution in [3.8, 4) is 22.6 Å². The Morgan fingerprint density at radius 2 is 1.45 bits per heavy atom. The van der Waals surface area contributed by atoms with E-state index in [9.17, 15) is 9.59 Å². The molecular formula is C24H22O5. The zero-order valence-electron chi connectivity index (χ0n) is 16.4. The molecule has 29 heavy (non-hydrogen) atoms. The first-order valence-electron chi connectivity index (χ1n) is 9.27. The van der Waals surface area contributed by atoms with E-state index in [2.05, 4.69) is 0 Å². The van der Waals surface area contributed by atoms with Crippen molar-refractivity contribution in [2.24, 2.45) is 0 Å². The molecule has 0 aliphatic rings. The van der Waals surface area contributed by atoms with Gasteiger partial charge in [-0.3, -0.25) is 4.79 Å². The van der Waals surface area contributed by atoms with Gasteiger partial charge in [0.25, 0.3) is 0 Å². The highest BCUT2D eigenvalue weighted by atomic mass is 16.6. The Bertz CT molecular complexity index is 975. The van der Waals surface area contributed by atoms with Crippen LogP contribution < -0.4 is 9.47 Å². The first-order valence-corrected chi connectivity index (χ1v) is 9.27. The molecule has 0 radical (unpaired) electrons. The minimum atomic E-state index is -0.394. The van der Waals surface area contributed by atoms with Gasteiger partial charge < -0.3 is 14.2 Å². The maximum atomic E-state index is 12.2. The maximum Gasteiger partial charge on any atom is 0.338 e. The number of esters is 2. The van der Waals surface area contributed by atoms with Gasteiger partial charge in [0.05, 0.1) is 5.56 Å². The third-order valence-corrected chi connectivity index (χ3v) is 4.14. The normalized spacial score (nSPS) is 10.3. The van der Waals surface area contributed by atoms with Crippen molar-refractivity contribution in [1.82, 2.24) is 0 Å². The lowest BCUT2D eigenvalue weighted by molar-refractivity contribution is -0.131. The topological polar surface area (TPSA) is 61.8 Å². The van der Waals surface area contributed by atoms with Gasteiger partial charge in [-0.2, -0.15) is 0 Å². The highest BCUT2D eigenvalue weighted by Crippen LogP contribution is 2.23. The second kappa shape index (κ2) is 9.55. The molecule has 5 nitrogen and oxygen atoms in total. The number of benzene rings is 3. The van der Waals surface area contributed by atoms with E-state index in [1.165, 1.54) is 6.92 Å². The summed E-state index contributed by atoms with van der Waals surface area (Å²) in [6, 6.07) is 22.0. The SMILES string of the molecule is CC(=O)Oc1ccc(-c2ccc(C(=O)OCCOc3cccc(C)c3)cc2)cc1. The molecule has 0 atom stereocenters. The summed E-state index contributed by atoms with van der Waals surface area (Å²) in [5, 5.41) is 0. The van der Waals surface area contributed by atoms with Gasteiger partial charge in [-0.25, -0.2) is 4.79 Å². The molecule has 0 aromatic heterocycles. The average Bonchev–Trinajstić information content (AvgIpc) is 2.71. The number of hydrogen-bond acceptors (Lipinski definition) is 5. The molecule has 3 aromatic carbocycles. The van der Waals surface area contributed by atoms with E-state index < -0.39 is 5.97 Å². The molecule has 0 aliphatic carbocycles. The summed E-state index contributed by atoms with van der Waals surface area (Å²) < 4.78 is 15.9. The van der Waals surface area contributed by atoms with E-state index in [-0.39, 0.29) is 12.6 Å². The van der Waals surface area contributed by atoms with Crippen molar-refractivity contribution in [3.05, 3.63) is 83.9 Å². The van der Waals surface area contributed by atoms with E-state index in [1.807, 2.05) is 55.5 Å². The molecule has 0 bridgehead atoms. The monoisotopic (exact) mass is 390 g/mol. The Morgan fingerprint density at radius 3 is 2.07 bits per heavy atom. The lowest BCUT2D eigenvalue weighted by Gasteiger charge is -2.09. The van der Waals surface area contributed by atoms with E-state index >= 15 is 0 Å². The number of hydrogen-bond donors (Lipinski definition) is 0. The van der Waals surface area contributed by atoms with Crippen LogP contribution in [0.5, 0.6) is 11.5 Å². The quantitative estimate of drug-likeness (QED) is 0.329. The fraction of sp³-hybridized carbons (Fsp3) is 0.167. The molecule has 0 heterocycles. The molecule has 0 saturated carbocycles. The Kier molecular flexibility index (Phi) is 6.63. The third-order valence-electron chi connectivity index (χ3n) is 4.14. The summed E-state index contributed by atoms with van der Waals surface area (Å²) in [6.07, 6.45) is 0. The summed E-state index contributed by atoms with van der Waals surface area (Å²) in [6.45, 7) is 3.82. The fourth-order valence-electron chi connectivity index (χ4n) is 2.76. The predicted molar refractivity (Wildman–Crippen MR) is 110 cm³/mol. The maximum absolute atomic E-state index is 12.2. The Morgan fingerprint density at radius 1 is 0.793 bits per heavy atom. The predicted octanol–water partition coefficient (Wildman–Crippen LogP) is 4.82. The Labute approximate surface area is 169 Å². The third kappa shape index (κ3) is 5.94. The molecule has 3 aromatic rings. The first-order chi connectivity index (χ1) is 14.0. The van der Waals surface area contributed by atoms with Gasteiger partial charge in [0, 0.05) is 6.92 Å². The first kappa shape index (κ1) is 20.1. The van der Waals surface area contributed by atoms with Crippen LogP contribution in [0.4, 0.5) is 0 Å². The van der Waals surface area contributed by atoms with Crippen LogP contribution in [0, 0.1) is 6.92 Å². The molecule has 5 heteroatoms. The minimum absolute atomic E-state index is 0.173. The summed E-state index contributed by atoms with van der Waals surface area (Å²) in [5.41, 5.74) is 3.48. The van der Waals surface area contributed by atoms with E-state index in [0.29, 0.717) is 17.9 Å². The van der Waals surface area contributed by atoms with Gasteiger partial charge in [0.1, 0.15) is 24.7 Å². The van der Waals surface area contributed by atoms with Gasteiger partial charge in [-0.1, -0.05) is 36.4 Å². The van der Waals surface area contributed by atoms with Crippen molar-refractivity contribution in [3.63, 3.8) is 0 Å². The number of ether oxygens (including phenoxy) is 3. The van der Waals surface area contributed by atoms with Crippen molar-refractivity contribution >= 4 is 11.9 Å². The van der Waals surface area contributed by atoms with Crippen LogP contribution >= 0.6 is 0 Å². The lowest BCUT2D eigenvalue weighted by atomic mass is 10.0. The molecule has 0 aliphatic heterocycles. The lowest BCUT2D eigenvalue weighted by Crippen LogP contribution is -2.12. The number of aryl methyl sites for hydroxylation is 1. The standard InChI is InChI=1S/C24H22O5/c1-17-4-3-5-23(16-17)27-14-15-28-24(26)21-8-6-19(7-9-21)20-10-12-22(13-11-20)29-18(2)25/h3-13,16H,14-15H2,1-2H3. The van der Waals surface area contributed by atoms with E-state index in [4.69, 9.17) is 14.2 Å². The van der Waals surface area contributed by atoms with Crippen molar-refractivity contribution in [2.75, 3.05) is 13.2 Å². The zero-order chi connectivity index (χ0) is 20.6. The van der Waals surface area contributed by atoms with Crippen molar-refractivity contribution < 1.29 is 23.8 Å². The van der Waals surface area contributed by atoms with Gasteiger partial charge in [-0.15, -0.1) is 0 Å². The van der Waals surface area contributed by atoms with Crippen LogP contribution in [-0.4, -0.2) is 25.2 Å². The van der Waals surface area contributed by atoms with E-state index in [0.717, 1.165) is 22.4 Å². The second-order valence-electron chi connectivity index (χ2n) is 6.50. The average molecular weight is 390 g/mol. The molecule has 0 unspecified atom stereocenters. The molecule has 3 rings (SSSR count). The smallest absolute Gasteiger partial charge is 0.338 e. The fourth-order valence-corrected chi connectivity index (χ4v) is 2.76. The Hall–Kier alpha value is -3.60. The van der Waals surface area contributed by atoms with Gasteiger partial charge in [0.2, 0.25) is 0 Å². The van der Waals surface area contributed by atoms with Crippen LogP contribution in [0.25, 0.3) is 11.1 Å². The molecule has 0 fully saturated rings. The van der Waals surface area contributed by atoms with Gasteiger partial charge in [0.15, 0.2) is 0 Å². The van der Waals surface area contributed by atoms with Crippen LogP contribution in [-0.2, 0) is 9.53 Å². The highest BCUT2D eigenvalue weighted by molar-refractivity contribution is 5.90.